The Morgan fingerprint density at radius 2 is 1.60 bits per heavy atom. The van der Waals surface area contributed by atoms with Crippen molar-refractivity contribution in [3.63, 3.8) is 0 Å². The van der Waals surface area contributed by atoms with Crippen LogP contribution >= 0.6 is 0 Å². The van der Waals surface area contributed by atoms with Gasteiger partial charge in [-0.2, -0.15) is 0 Å². The third kappa shape index (κ3) is 7.73. The minimum absolute atomic E-state index is 0. The van der Waals surface area contributed by atoms with Crippen molar-refractivity contribution in [1.82, 2.24) is 4.90 Å². The number of rotatable bonds is 3. The molecule has 0 aliphatic carbocycles. The van der Waals surface area contributed by atoms with Crippen LogP contribution in [-0.2, 0) is 27.3 Å². The van der Waals surface area contributed by atoms with E-state index in [0.29, 0.717) is 0 Å². The van der Waals surface area contributed by atoms with Gasteiger partial charge in [-0.1, -0.05) is 0 Å². The maximum Gasteiger partial charge on any atom is 0 e. The predicted octanol–water partition coefficient (Wildman–Crippen LogP) is 0.200. The third-order valence-corrected chi connectivity index (χ3v) is 2.11. The van der Waals surface area contributed by atoms with Crippen molar-refractivity contribution in [2.75, 3.05) is 13.1 Å². The van der Waals surface area contributed by atoms with Gasteiger partial charge in [0.1, 0.15) is 0 Å². The molecule has 0 saturated carbocycles. The molecule has 1 radical (unpaired) electrons. The summed E-state index contributed by atoms with van der Waals surface area (Å²) in [6.07, 6.45) is 0. The zero-order chi connectivity index (χ0) is 6.57. The molecular weight excluding hydrogens is 356 g/mol. The van der Waals surface area contributed by atoms with Gasteiger partial charge in [-0.25, -0.2) is 0 Å². The molecule has 0 rings (SSSR count). The van der Waals surface area contributed by atoms with E-state index in [9.17, 15) is 0 Å². The van der Waals surface area contributed by atoms with E-state index in [2.05, 4.69) is 50.3 Å². The average Bonchev–Trinajstić information content (AvgIpc) is 1.69. The zero-order valence-electron chi connectivity index (χ0n) is 6.89. The Balaban J connectivity index is -0.000000245. The monoisotopic (exact) mass is 373 g/mol. The van der Waals surface area contributed by atoms with Gasteiger partial charge in [-0.15, -0.1) is 0 Å². The second-order valence-corrected chi connectivity index (χ2v) is 4.37. The summed E-state index contributed by atoms with van der Waals surface area (Å²) >= 11 is 5.86. The Kier molecular flexibility index (Phi) is 18.8. The Morgan fingerprint density at radius 1 is 1.30 bits per heavy atom. The molecule has 0 unspecified atom stereocenters. The molecule has 57 valence electrons. The number of hydrogen-bond acceptors (Lipinski definition) is 1. The molecule has 10 heavy (non-hydrogen) atoms. The van der Waals surface area contributed by atoms with Crippen LogP contribution in [0.3, 0.4) is 0 Å². The van der Waals surface area contributed by atoms with E-state index in [4.69, 9.17) is 0 Å². The average molecular weight is 370 g/mol. The molecule has 0 spiro atoms. The van der Waals surface area contributed by atoms with Crippen molar-refractivity contribution in [2.45, 2.75) is 13.8 Å². The standard InChI is InChI=1S/C5H10NSe2.CH3.Cd/c1-3-6(4-2)5(7)8;;/h3-4H2,1-2H3;1H3;/q;-1;. The fourth-order valence-electron chi connectivity index (χ4n) is 0.482. The molecule has 0 aromatic rings. The Labute approximate surface area is 101 Å². The quantitative estimate of drug-likeness (QED) is 0.508. The smallest absolute Gasteiger partial charge is 0 e. The van der Waals surface area contributed by atoms with Gasteiger partial charge in [0.05, 0.1) is 0 Å². The molecule has 0 aromatic carbocycles. The van der Waals surface area contributed by atoms with E-state index in [-0.39, 0.29) is 34.7 Å². The molecule has 0 bridgehead atoms. The van der Waals surface area contributed by atoms with E-state index < -0.39 is 0 Å². The molecule has 0 aliphatic rings. The SMILES string of the molecule is CCN(CC)C([Se])=[Se].[CH3-].[Cd]. The third-order valence-electron chi connectivity index (χ3n) is 1.02. The summed E-state index contributed by atoms with van der Waals surface area (Å²) in [5.41, 5.74) is 0. The first kappa shape index (κ1) is 17.6. The van der Waals surface area contributed by atoms with Crippen LogP contribution in [0.5, 0.6) is 0 Å². The summed E-state index contributed by atoms with van der Waals surface area (Å²) in [5, 5.41) is 0. The molecule has 4 heteroatoms. The molecule has 0 N–H and O–H groups in total. The molecule has 0 aliphatic heterocycles. The Bertz CT molecular complexity index is 83.8. The summed E-state index contributed by atoms with van der Waals surface area (Å²) in [7, 11) is 0. The van der Waals surface area contributed by atoms with E-state index in [1.165, 1.54) is 0 Å². The molecule has 0 fully saturated rings. The van der Waals surface area contributed by atoms with Crippen molar-refractivity contribution < 1.29 is 27.3 Å². The minimum Gasteiger partial charge on any atom is -0.358 e. The van der Waals surface area contributed by atoms with Crippen molar-refractivity contribution in [3.05, 3.63) is 7.43 Å². The van der Waals surface area contributed by atoms with E-state index in [1.54, 1.807) is 0 Å². The van der Waals surface area contributed by atoms with Crippen molar-refractivity contribution in [1.29, 1.82) is 0 Å². The van der Waals surface area contributed by atoms with Crippen LogP contribution in [0.15, 0.2) is 0 Å². The molecular formula is C6H13CdNSe2-. The van der Waals surface area contributed by atoms with Crippen molar-refractivity contribution in [2.24, 2.45) is 0 Å². The van der Waals surface area contributed by atoms with Crippen LogP contribution in [0, 0.1) is 7.43 Å². The first-order valence-electron chi connectivity index (χ1n) is 2.68. The van der Waals surface area contributed by atoms with Gasteiger partial charge in [0.15, 0.2) is 0 Å². The fourth-order valence-corrected chi connectivity index (χ4v) is 1.57. The summed E-state index contributed by atoms with van der Waals surface area (Å²) < 4.78 is 1.16. The van der Waals surface area contributed by atoms with Crippen LogP contribution < -0.4 is 0 Å². The molecule has 0 amide bonds. The second kappa shape index (κ2) is 10.6. The van der Waals surface area contributed by atoms with Gasteiger partial charge in [0.25, 0.3) is 0 Å². The predicted molar refractivity (Wildman–Crippen MR) is 45.9 cm³/mol. The largest absolute Gasteiger partial charge is 0.358 e. The Morgan fingerprint density at radius 3 is 1.60 bits per heavy atom. The van der Waals surface area contributed by atoms with Crippen LogP contribution in [-0.4, -0.2) is 53.0 Å². The minimum atomic E-state index is 0. The summed E-state index contributed by atoms with van der Waals surface area (Å²) in [5.74, 6) is 0. The molecule has 0 atom stereocenters. The van der Waals surface area contributed by atoms with Gasteiger partial charge >= 0.3 is 66.9 Å². The van der Waals surface area contributed by atoms with Gasteiger partial charge in [-0.3, -0.25) is 0 Å². The van der Waals surface area contributed by atoms with Crippen LogP contribution in [0.25, 0.3) is 0 Å². The van der Waals surface area contributed by atoms with Gasteiger partial charge in [0.2, 0.25) is 0 Å². The topological polar surface area (TPSA) is 3.24 Å². The molecule has 1 nitrogen and oxygen atoms in total. The molecule has 0 aromatic heterocycles. The normalized spacial score (nSPS) is 7.00. The fraction of sp³-hybridized carbons (Fsp3) is 0.667. The summed E-state index contributed by atoms with van der Waals surface area (Å²) in [4.78, 5) is 2.22. The maximum absolute atomic E-state index is 2.93. The summed E-state index contributed by atoms with van der Waals surface area (Å²) in [6, 6.07) is 0. The first-order chi connectivity index (χ1) is 3.72. The first-order valence-corrected chi connectivity index (χ1v) is 4.39. The zero-order valence-corrected chi connectivity index (χ0v) is 14.3. The van der Waals surface area contributed by atoms with Crippen LogP contribution in [0.4, 0.5) is 0 Å². The van der Waals surface area contributed by atoms with Crippen LogP contribution in [0.1, 0.15) is 13.8 Å². The summed E-state index contributed by atoms with van der Waals surface area (Å²) in [6.45, 7) is 6.42. The van der Waals surface area contributed by atoms with Gasteiger partial charge < -0.3 is 7.43 Å². The van der Waals surface area contributed by atoms with E-state index in [0.717, 1.165) is 16.5 Å². The van der Waals surface area contributed by atoms with Crippen molar-refractivity contribution in [3.8, 4) is 0 Å². The molecule has 0 saturated heterocycles. The number of nitrogens with zero attached hydrogens (tertiary/aromatic N) is 1. The van der Waals surface area contributed by atoms with Crippen molar-refractivity contribution >= 4 is 35.0 Å². The van der Waals surface area contributed by atoms with Gasteiger partial charge in [0, 0.05) is 27.3 Å². The van der Waals surface area contributed by atoms with E-state index >= 15 is 0 Å². The van der Waals surface area contributed by atoms with Gasteiger partial charge in [-0.05, 0) is 0 Å². The van der Waals surface area contributed by atoms with E-state index in [1.807, 2.05) is 0 Å². The number of hydrogen-bond donors (Lipinski definition) is 0. The molecule has 0 heterocycles. The Hall–Kier alpha value is 1.63. The van der Waals surface area contributed by atoms with Crippen LogP contribution in [0.2, 0.25) is 0 Å². The maximum atomic E-state index is 2.93. The second-order valence-electron chi connectivity index (χ2n) is 1.44.